The summed E-state index contributed by atoms with van der Waals surface area (Å²) in [5.74, 6) is -1.30. The Morgan fingerprint density at radius 2 is 1.39 bits per heavy atom. The van der Waals surface area contributed by atoms with Crippen molar-refractivity contribution in [1.29, 1.82) is 0 Å². The summed E-state index contributed by atoms with van der Waals surface area (Å²) in [6.07, 6.45) is 0. The van der Waals surface area contributed by atoms with Crippen molar-refractivity contribution < 1.29 is 24.8 Å². The Labute approximate surface area is 111 Å². The molecule has 0 atom stereocenters. The lowest BCUT2D eigenvalue weighted by Crippen LogP contribution is -1.72. The van der Waals surface area contributed by atoms with Crippen molar-refractivity contribution in [2.24, 2.45) is 0 Å². The maximum absolute atomic E-state index is 12.1. The van der Waals surface area contributed by atoms with Gasteiger partial charge in [0.2, 0.25) is 0 Å². The fourth-order valence-corrected chi connectivity index (χ4v) is 1.27. The molecule has 0 bridgehead atoms. The van der Waals surface area contributed by atoms with Gasteiger partial charge < -0.3 is 20.4 Å². The summed E-state index contributed by atoms with van der Waals surface area (Å²) in [6.45, 7) is 0. The molecule has 4 N–H and O–H groups in total. The summed E-state index contributed by atoms with van der Waals surface area (Å²) in [5, 5.41) is 35.0. The van der Waals surface area contributed by atoms with Crippen molar-refractivity contribution in [3.8, 4) is 23.0 Å². The molecule has 4 nitrogen and oxygen atoms in total. The highest BCUT2D eigenvalue weighted by molar-refractivity contribution is 9.10. The molecule has 96 valence electrons. The predicted octanol–water partition coefficient (Wildman–Crippen LogP) is 3.10. The maximum Gasteiger partial charge on any atom is 0.165 e. The van der Waals surface area contributed by atoms with E-state index < -0.39 is 11.6 Å². The first-order chi connectivity index (χ1) is 8.41. The fraction of sp³-hybridized carbons (Fsp3) is 0. The Morgan fingerprint density at radius 1 is 0.833 bits per heavy atom. The third-order valence-corrected chi connectivity index (χ3v) is 2.70. The minimum Gasteiger partial charge on any atom is -0.508 e. The zero-order valence-corrected chi connectivity index (χ0v) is 10.6. The first-order valence-corrected chi connectivity index (χ1v) is 5.55. The largest absolute Gasteiger partial charge is 0.508 e. The number of hydrogen-bond donors (Lipinski definition) is 4. The molecular formula is C12H10BrFO4. The molecular weight excluding hydrogens is 307 g/mol. The van der Waals surface area contributed by atoms with Crippen molar-refractivity contribution in [2.45, 2.75) is 0 Å². The van der Waals surface area contributed by atoms with Crippen LogP contribution in [0.2, 0.25) is 0 Å². The van der Waals surface area contributed by atoms with Gasteiger partial charge in [-0.05, 0) is 40.2 Å². The summed E-state index contributed by atoms with van der Waals surface area (Å²) >= 11 is 2.98. The molecule has 0 saturated heterocycles. The standard InChI is InChI=1S/C6H5BrO2.C6H5FO2/c7-6-4(8)2-1-3-5(6)9;7-5-2-1-4(8)3-6(5)9/h2*1-3,8-9H. The zero-order chi connectivity index (χ0) is 13.7. The molecule has 0 radical (unpaired) electrons. The van der Waals surface area contributed by atoms with Crippen molar-refractivity contribution in [3.05, 3.63) is 46.7 Å². The molecule has 2 rings (SSSR count). The smallest absolute Gasteiger partial charge is 0.165 e. The summed E-state index contributed by atoms with van der Waals surface area (Å²) in [4.78, 5) is 0. The Hall–Kier alpha value is -1.95. The van der Waals surface area contributed by atoms with Crippen LogP contribution in [-0.2, 0) is 0 Å². The van der Waals surface area contributed by atoms with E-state index in [2.05, 4.69) is 15.9 Å². The summed E-state index contributed by atoms with van der Waals surface area (Å²) in [6, 6.07) is 7.64. The zero-order valence-electron chi connectivity index (χ0n) is 9.01. The molecule has 0 spiro atoms. The highest BCUT2D eigenvalue weighted by atomic mass is 79.9. The van der Waals surface area contributed by atoms with Crippen LogP contribution in [-0.4, -0.2) is 20.4 Å². The molecule has 2 aromatic rings. The van der Waals surface area contributed by atoms with E-state index in [1.54, 1.807) is 6.07 Å². The van der Waals surface area contributed by atoms with Gasteiger partial charge in [-0.1, -0.05) is 6.07 Å². The normalized spacial score (nSPS) is 9.44. The van der Waals surface area contributed by atoms with Gasteiger partial charge in [-0.15, -0.1) is 0 Å². The van der Waals surface area contributed by atoms with Crippen molar-refractivity contribution in [1.82, 2.24) is 0 Å². The first-order valence-electron chi connectivity index (χ1n) is 4.75. The lowest BCUT2D eigenvalue weighted by molar-refractivity contribution is 0.419. The SMILES string of the molecule is Oc1ccc(F)c(O)c1.Oc1cccc(O)c1Br. The predicted molar refractivity (Wildman–Crippen MR) is 67.2 cm³/mol. The lowest BCUT2D eigenvalue weighted by atomic mass is 10.3. The molecule has 18 heavy (non-hydrogen) atoms. The van der Waals surface area contributed by atoms with Crippen molar-refractivity contribution in [2.75, 3.05) is 0 Å². The molecule has 6 heteroatoms. The maximum atomic E-state index is 12.1. The second-order valence-corrected chi connectivity index (χ2v) is 4.04. The van der Waals surface area contributed by atoms with Crippen LogP contribution in [0.5, 0.6) is 23.0 Å². The molecule has 0 aliphatic carbocycles. The van der Waals surface area contributed by atoms with Crippen LogP contribution in [0.4, 0.5) is 4.39 Å². The molecule has 2 aromatic carbocycles. The Bertz CT molecular complexity index is 525. The van der Waals surface area contributed by atoms with E-state index in [-0.39, 0.29) is 17.2 Å². The number of phenolic OH excluding ortho intramolecular Hbond substituents is 4. The second kappa shape index (κ2) is 6.11. The van der Waals surface area contributed by atoms with Gasteiger partial charge in [0.1, 0.15) is 21.7 Å². The summed E-state index contributed by atoms with van der Waals surface area (Å²) in [7, 11) is 0. The number of halogens is 2. The minimum atomic E-state index is -0.729. The van der Waals surface area contributed by atoms with E-state index in [9.17, 15) is 4.39 Å². The number of aromatic hydroxyl groups is 4. The molecule has 0 aliphatic rings. The molecule has 0 unspecified atom stereocenters. The van der Waals surface area contributed by atoms with E-state index >= 15 is 0 Å². The number of phenols is 4. The minimum absolute atomic E-state index is 0.0509. The lowest BCUT2D eigenvalue weighted by Gasteiger charge is -1.96. The first kappa shape index (κ1) is 14.1. The number of rotatable bonds is 0. The van der Waals surface area contributed by atoms with Gasteiger partial charge >= 0.3 is 0 Å². The van der Waals surface area contributed by atoms with Gasteiger partial charge in [-0.2, -0.15) is 0 Å². The quantitative estimate of drug-likeness (QED) is 0.602. The monoisotopic (exact) mass is 316 g/mol. The molecule has 0 saturated carbocycles. The molecule has 0 fully saturated rings. The van der Waals surface area contributed by atoms with Crippen molar-refractivity contribution in [3.63, 3.8) is 0 Å². The highest BCUT2D eigenvalue weighted by Gasteiger charge is 1.99. The highest BCUT2D eigenvalue weighted by Crippen LogP contribution is 2.31. The van der Waals surface area contributed by atoms with E-state index in [4.69, 9.17) is 20.4 Å². The van der Waals surface area contributed by atoms with Gasteiger partial charge in [0, 0.05) is 6.07 Å². The van der Waals surface area contributed by atoms with Crippen LogP contribution in [0.15, 0.2) is 40.9 Å². The summed E-state index contributed by atoms with van der Waals surface area (Å²) < 4.78 is 12.5. The number of hydrogen-bond acceptors (Lipinski definition) is 4. The fourth-order valence-electron chi connectivity index (χ4n) is 1.01. The van der Waals surface area contributed by atoms with Gasteiger partial charge in [-0.3, -0.25) is 0 Å². The molecule has 0 aromatic heterocycles. The number of benzene rings is 2. The van der Waals surface area contributed by atoms with Gasteiger partial charge in [0.05, 0.1) is 0 Å². The van der Waals surface area contributed by atoms with E-state index in [1.165, 1.54) is 12.1 Å². The molecule has 0 aliphatic heterocycles. The average Bonchev–Trinajstić information content (AvgIpc) is 2.32. The van der Waals surface area contributed by atoms with Crippen LogP contribution in [0.25, 0.3) is 0 Å². The Kier molecular flexibility index (Phi) is 4.79. The van der Waals surface area contributed by atoms with Crippen molar-refractivity contribution >= 4 is 15.9 Å². The third kappa shape index (κ3) is 3.81. The van der Waals surface area contributed by atoms with Crippen LogP contribution < -0.4 is 0 Å². The van der Waals surface area contributed by atoms with E-state index in [0.717, 1.165) is 18.2 Å². The second-order valence-electron chi connectivity index (χ2n) is 3.25. The van der Waals surface area contributed by atoms with Gasteiger partial charge in [-0.25, -0.2) is 4.39 Å². The van der Waals surface area contributed by atoms with E-state index in [0.29, 0.717) is 4.47 Å². The molecule has 0 amide bonds. The summed E-state index contributed by atoms with van der Waals surface area (Å²) in [5.41, 5.74) is 0. The average molecular weight is 317 g/mol. The van der Waals surface area contributed by atoms with Crippen LogP contribution >= 0.6 is 15.9 Å². The third-order valence-electron chi connectivity index (χ3n) is 1.89. The van der Waals surface area contributed by atoms with Gasteiger partial charge in [0.15, 0.2) is 11.6 Å². The van der Waals surface area contributed by atoms with Gasteiger partial charge in [0.25, 0.3) is 0 Å². The topological polar surface area (TPSA) is 80.9 Å². The molecule has 0 heterocycles. The van der Waals surface area contributed by atoms with Crippen LogP contribution in [0.3, 0.4) is 0 Å². The van der Waals surface area contributed by atoms with Crippen LogP contribution in [0.1, 0.15) is 0 Å². The van der Waals surface area contributed by atoms with Crippen LogP contribution in [0, 0.1) is 5.82 Å². The Balaban J connectivity index is 0.000000180. The van der Waals surface area contributed by atoms with E-state index in [1.807, 2.05) is 0 Å². The Morgan fingerprint density at radius 3 is 1.78 bits per heavy atom.